The fourth-order valence-corrected chi connectivity index (χ4v) is 4.53. The van der Waals surface area contributed by atoms with E-state index in [-0.39, 0.29) is 5.91 Å². The van der Waals surface area contributed by atoms with Gasteiger partial charge in [-0.3, -0.25) is 14.2 Å². The molecule has 0 aliphatic heterocycles. The zero-order chi connectivity index (χ0) is 19.3. The highest BCUT2D eigenvalue weighted by Gasteiger charge is 2.20. The highest BCUT2D eigenvalue weighted by Crippen LogP contribution is 2.33. The van der Waals surface area contributed by atoms with E-state index in [9.17, 15) is 4.79 Å². The number of hydrogen-bond donors (Lipinski definition) is 1. The lowest BCUT2D eigenvalue weighted by Gasteiger charge is -2.08. The summed E-state index contributed by atoms with van der Waals surface area (Å²) in [5.74, 6) is 0.545. The van der Waals surface area contributed by atoms with Gasteiger partial charge in [-0.1, -0.05) is 28.1 Å². The average molecular weight is 444 g/mol. The first-order valence-corrected chi connectivity index (χ1v) is 10.00. The summed E-state index contributed by atoms with van der Waals surface area (Å²) in [6.45, 7) is 3.90. The van der Waals surface area contributed by atoms with Crippen molar-refractivity contribution in [3.05, 3.63) is 51.1 Å². The van der Waals surface area contributed by atoms with Crippen LogP contribution < -0.4 is 5.32 Å². The molecule has 138 valence electrons. The van der Waals surface area contributed by atoms with Crippen molar-refractivity contribution in [3.8, 4) is 11.1 Å². The summed E-state index contributed by atoms with van der Waals surface area (Å²) >= 11 is 4.90. The Labute approximate surface area is 168 Å². The van der Waals surface area contributed by atoms with Gasteiger partial charge in [0.15, 0.2) is 0 Å². The van der Waals surface area contributed by atoms with Crippen molar-refractivity contribution in [2.45, 2.75) is 13.8 Å². The lowest BCUT2D eigenvalue weighted by Crippen LogP contribution is -2.14. The van der Waals surface area contributed by atoms with E-state index in [0.29, 0.717) is 10.7 Å². The maximum Gasteiger partial charge on any atom is 0.266 e. The van der Waals surface area contributed by atoms with Crippen LogP contribution in [0.3, 0.4) is 0 Å². The SMILES string of the molecule is Cc1nn(C)c(NC(=O)c2cc3c(C)nn(C)c3s2)c1-c1ccc(Br)cc1. The number of aryl methyl sites for hydroxylation is 4. The van der Waals surface area contributed by atoms with E-state index < -0.39 is 0 Å². The van der Waals surface area contributed by atoms with Gasteiger partial charge in [-0.25, -0.2) is 0 Å². The lowest BCUT2D eigenvalue weighted by molar-refractivity contribution is 0.102. The summed E-state index contributed by atoms with van der Waals surface area (Å²) in [6.07, 6.45) is 0. The molecule has 8 heteroatoms. The molecule has 4 rings (SSSR count). The quantitative estimate of drug-likeness (QED) is 0.500. The Bertz CT molecular complexity index is 1130. The number of fused-ring (bicyclic) bond motifs is 1. The molecular weight excluding hydrogens is 426 g/mol. The van der Waals surface area contributed by atoms with Crippen LogP contribution >= 0.6 is 27.3 Å². The number of anilines is 1. The molecule has 1 aromatic carbocycles. The molecule has 1 amide bonds. The van der Waals surface area contributed by atoms with Crippen molar-refractivity contribution in [1.29, 1.82) is 0 Å². The van der Waals surface area contributed by atoms with Crippen LogP contribution in [0.1, 0.15) is 21.1 Å². The molecule has 6 nitrogen and oxygen atoms in total. The Hall–Kier alpha value is -2.45. The smallest absolute Gasteiger partial charge is 0.266 e. The van der Waals surface area contributed by atoms with Crippen LogP contribution in [0.25, 0.3) is 21.3 Å². The Morgan fingerprint density at radius 3 is 2.41 bits per heavy atom. The highest BCUT2D eigenvalue weighted by molar-refractivity contribution is 9.10. The second-order valence-electron chi connectivity index (χ2n) is 6.43. The maximum absolute atomic E-state index is 12.9. The number of amides is 1. The molecule has 0 bridgehead atoms. The van der Waals surface area contributed by atoms with E-state index >= 15 is 0 Å². The lowest BCUT2D eigenvalue weighted by atomic mass is 10.1. The maximum atomic E-state index is 12.9. The second-order valence-corrected chi connectivity index (χ2v) is 8.38. The van der Waals surface area contributed by atoms with Crippen LogP contribution in [0, 0.1) is 13.8 Å². The summed E-state index contributed by atoms with van der Waals surface area (Å²) in [7, 11) is 3.73. The van der Waals surface area contributed by atoms with E-state index in [0.717, 1.165) is 37.2 Å². The second kappa shape index (κ2) is 6.61. The van der Waals surface area contributed by atoms with E-state index in [2.05, 4.69) is 31.4 Å². The minimum Gasteiger partial charge on any atom is -0.306 e. The first-order valence-electron chi connectivity index (χ1n) is 8.39. The predicted molar refractivity (Wildman–Crippen MR) is 112 cm³/mol. The molecule has 0 atom stereocenters. The number of carbonyl (C=O) groups is 1. The molecule has 0 saturated carbocycles. The third-order valence-corrected chi connectivity index (χ3v) is 6.24. The van der Waals surface area contributed by atoms with Crippen LogP contribution in [0.2, 0.25) is 0 Å². The van der Waals surface area contributed by atoms with Crippen molar-refractivity contribution in [2.24, 2.45) is 14.1 Å². The van der Waals surface area contributed by atoms with Gasteiger partial charge < -0.3 is 5.32 Å². The third-order valence-electron chi connectivity index (χ3n) is 4.51. The molecule has 0 unspecified atom stereocenters. The van der Waals surface area contributed by atoms with E-state index in [4.69, 9.17) is 0 Å². The summed E-state index contributed by atoms with van der Waals surface area (Å²) in [6, 6.07) is 9.89. The van der Waals surface area contributed by atoms with E-state index in [1.165, 1.54) is 11.3 Å². The molecule has 0 saturated heterocycles. The molecule has 3 aromatic heterocycles. The Morgan fingerprint density at radius 1 is 1.07 bits per heavy atom. The first-order chi connectivity index (χ1) is 12.8. The molecule has 0 aliphatic rings. The standard InChI is InChI=1S/C19H18BrN5OS/c1-10-14-9-15(27-19(14)25(4)22-10)18(26)21-17-16(11(2)23-24(17)3)12-5-7-13(20)8-6-12/h5-9H,1-4H3,(H,21,26). The summed E-state index contributed by atoms with van der Waals surface area (Å²) in [5, 5.41) is 13.0. The third kappa shape index (κ3) is 3.08. The fraction of sp³-hybridized carbons (Fsp3) is 0.211. The van der Waals surface area contributed by atoms with Crippen molar-refractivity contribution in [1.82, 2.24) is 19.6 Å². The van der Waals surface area contributed by atoms with E-state index in [1.807, 2.05) is 63.0 Å². The summed E-state index contributed by atoms with van der Waals surface area (Å²) in [4.78, 5) is 14.6. The Kier molecular flexibility index (Phi) is 4.39. The van der Waals surface area contributed by atoms with Gasteiger partial charge in [-0.05, 0) is 37.6 Å². The van der Waals surface area contributed by atoms with Crippen LogP contribution in [0.5, 0.6) is 0 Å². The summed E-state index contributed by atoms with van der Waals surface area (Å²) in [5.41, 5.74) is 3.73. The number of carbonyl (C=O) groups excluding carboxylic acids is 1. The number of nitrogens with zero attached hydrogens (tertiary/aromatic N) is 4. The topological polar surface area (TPSA) is 64.7 Å². The Balaban J connectivity index is 1.72. The van der Waals surface area contributed by atoms with Gasteiger partial charge in [0.2, 0.25) is 0 Å². The molecule has 0 radical (unpaired) electrons. The van der Waals surface area contributed by atoms with Crippen LogP contribution in [-0.2, 0) is 14.1 Å². The molecule has 0 spiro atoms. The zero-order valence-electron chi connectivity index (χ0n) is 15.4. The minimum atomic E-state index is -0.142. The fourth-order valence-electron chi connectivity index (χ4n) is 3.25. The van der Waals surface area contributed by atoms with Crippen LogP contribution in [0.4, 0.5) is 5.82 Å². The molecule has 0 aliphatic carbocycles. The van der Waals surface area contributed by atoms with Crippen LogP contribution in [0.15, 0.2) is 34.8 Å². The molecule has 3 heterocycles. The van der Waals surface area contributed by atoms with Gasteiger partial charge in [0.25, 0.3) is 5.91 Å². The van der Waals surface area contributed by atoms with Gasteiger partial charge in [-0.2, -0.15) is 10.2 Å². The van der Waals surface area contributed by atoms with Gasteiger partial charge in [0, 0.05) is 29.5 Å². The average Bonchev–Trinajstić information content (AvgIpc) is 3.25. The zero-order valence-corrected chi connectivity index (χ0v) is 17.8. The number of hydrogen-bond acceptors (Lipinski definition) is 4. The molecule has 4 aromatic rings. The van der Waals surface area contributed by atoms with Gasteiger partial charge in [-0.15, -0.1) is 11.3 Å². The largest absolute Gasteiger partial charge is 0.306 e. The van der Waals surface area contributed by atoms with Crippen molar-refractivity contribution >= 4 is 49.2 Å². The van der Waals surface area contributed by atoms with Crippen molar-refractivity contribution in [2.75, 3.05) is 5.32 Å². The normalized spacial score (nSPS) is 11.3. The van der Waals surface area contributed by atoms with Crippen molar-refractivity contribution < 1.29 is 4.79 Å². The highest BCUT2D eigenvalue weighted by atomic mass is 79.9. The van der Waals surface area contributed by atoms with Crippen LogP contribution in [-0.4, -0.2) is 25.5 Å². The molecule has 1 N–H and O–H groups in total. The summed E-state index contributed by atoms with van der Waals surface area (Å²) < 4.78 is 4.53. The minimum absolute atomic E-state index is 0.142. The number of thiophene rings is 1. The van der Waals surface area contributed by atoms with Crippen molar-refractivity contribution in [3.63, 3.8) is 0 Å². The van der Waals surface area contributed by atoms with E-state index in [1.54, 1.807) is 4.68 Å². The monoisotopic (exact) mass is 443 g/mol. The predicted octanol–water partition coefficient (Wildman–Crippen LogP) is 4.67. The van der Waals surface area contributed by atoms with Gasteiger partial charge in [0.05, 0.1) is 16.3 Å². The molecular formula is C19H18BrN5OS. The Morgan fingerprint density at radius 2 is 1.74 bits per heavy atom. The van der Waals surface area contributed by atoms with Gasteiger partial charge in [0.1, 0.15) is 10.6 Å². The number of halogens is 1. The first kappa shape index (κ1) is 17.9. The number of rotatable bonds is 3. The number of nitrogens with one attached hydrogen (secondary N) is 1. The number of benzene rings is 1. The molecule has 27 heavy (non-hydrogen) atoms. The number of aromatic nitrogens is 4. The molecule has 0 fully saturated rings. The van der Waals surface area contributed by atoms with Gasteiger partial charge >= 0.3 is 0 Å².